The lowest BCUT2D eigenvalue weighted by molar-refractivity contribution is -0.116. The number of anilines is 1. The number of nitrogens with one attached hydrogen (secondary N) is 1. The van der Waals surface area contributed by atoms with E-state index in [2.05, 4.69) is 5.32 Å². The quantitative estimate of drug-likeness (QED) is 0.511. The van der Waals surface area contributed by atoms with Gasteiger partial charge < -0.3 is 10.1 Å². The van der Waals surface area contributed by atoms with Gasteiger partial charge in [-0.2, -0.15) is 0 Å². The molecule has 1 aliphatic heterocycles. The average Bonchev–Trinajstić information content (AvgIpc) is 2.95. The molecule has 3 rings (SSSR count). The molecule has 152 valence electrons. The number of hydrogen-bond donors (Lipinski definition) is 1. The number of aryl methyl sites for hydroxylation is 1. The normalized spacial score (nSPS) is 12.9. The summed E-state index contributed by atoms with van der Waals surface area (Å²) in [5.41, 5.74) is 2.36. The summed E-state index contributed by atoms with van der Waals surface area (Å²) in [6, 6.07) is 10.3. The number of amides is 3. The number of methoxy groups -OCH3 is 1. The van der Waals surface area contributed by atoms with Crippen LogP contribution in [0.1, 0.15) is 52.0 Å². The zero-order valence-corrected chi connectivity index (χ0v) is 17.2. The zero-order chi connectivity index (χ0) is 21.0. The van der Waals surface area contributed by atoms with Gasteiger partial charge in [0.1, 0.15) is 5.75 Å². The number of hydrogen-bond acceptors (Lipinski definition) is 4. The third-order valence-electron chi connectivity index (χ3n) is 4.92. The molecule has 2 aromatic carbocycles. The van der Waals surface area contributed by atoms with Gasteiger partial charge in [0.2, 0.25) is 5.91 Å². The van der Waals surface area contributed by atoms with Crippen molar-refractivity contribution >= 4 is 35.0 Å². The van der Waals surface area contributed by atoms with Crippen molar-refractivity contribution in [1.29, 1.82) is 0 Å². The molecule has 0 spiro atoms. The zero-order valence-electron chi connectivity index (χ0n) is 16.5. The second-order valence-corrected chi connectivity index (χ2v) is 7.38. The predicted molar refractivity (Wildman–Crippen MR) is 112 cm³/mol. The Hall–Kier alpha value is -2.86. The summed E-state index contributed by atoms with van der Waals surface area (Å²) in [5, 5.41) is 3.42. The minimum Gasteiger partial charge on any atom is -0.495 e. The standard InChI is InChI=1S/C22H23ClN2O4/c1-14-12-18(19(29-2)13-17(14)23)24-20(26)10-4-3-7-11-25-21(27)15-8-5-6-9-16(15)22(25)28/h5-6,8-9,12-13H,3-4,7,10-11H2,1-2H3,(H,24,26). The van der Waals surface area contributed by atoms with Crippen LogP contribution in [0.3, 0.4) is 0 Å². The molecule has 0 radical (unpaired) electrons. The summed E-state index contributed by atoms with van der Waals surface area (Å²) < 4.78 is 5.26. The highest BCUT2D eigenvalue weighted by Gasteiger charge is 2.34. The van der Waals surface area contributed by atoms with Gasteiger partial charge in [-0.1, -0.05) is 30.2 Å². The van der Waals surface area contributed by atoms with Crippen molar-refractivity contribution in [3.63, 3.8) is 0 Å². The monoisotopic (exact) mass is 414 g/mol. The molecule has 0 aromatic heterocycles. The Labute approximate surface area is 174 Å². The van der Waals surface area contributed by atoms with Crippen molar-refractivity contribution in [3.8, 4) is 5.75 Å². The first-order chi connectivity index (χ1) is 13.9. The van der Waals surface area contributed by atoms with Crippen molar-refractivity contribution in [3.05, 3.63) is 58.1 Å². The maximum atomic E-state index is 12.3. The van der Waals surface area contributed by atoms with Gasteiger partial charge in [-0.3, -0.25) is 19.3 Å². The lowest BCUT2D eigenvalue weighted by Crippen LogP contribution is -2.30. The van der Waals surface area contributed by atoms with Gasteiger partial charge in [0.15, 0.2) is 0 Å². The van der Waals surface area contributed by atoms with Crippen LogP contribution < -0.4 is 10.1 Å². The van der Waals surface area contributed by atoms with Crippen LogP contribution in [0.4, 0.5) is 5.69 Å². The van der Waals surface area contributed by atoms with E-state index in [1.807, 2.05) is 6.92 Å². The predicted octanol–water partition coefficient (Wildman–Crippen LogP) is 4.45. The lowest BCUT2D eigenvalue weighted by atomic mass is 10.1. The molecule has 6 nitrogen and oxygen atoms in total. The summed E-state index contributed by atoms with van der Waals surface area (Å²) in [6.45, 7) is 2.22. The molecule has 0 bridgehead atoms. The minimum atomic E-state index is -0.242. The number of nitrogens with zero attached hydrogens (tertiary/aromatic N) is 1. The van der Waals surface area contributed by atoms with Gasteiger partial charge in [-0.15, -0.1) is 0 Å². The third-order valence-corrected chi connectivity index (χ3v) is 5.33. The number of halogens is 1. The van der Waals surface area contributed by atoms with E-state index < -0.39 is 0 Å². The van der Waals surface area contributed by atoms with Crippen molar-refractivity contribution in [2.75, 3.05) is 19.0 Å². The topological polar surface area (TPSA) is 75.7 Å². The molecule has 7 heteroatoms. The van der Waals surface area contributed by atoms with Crippen molar-refractivity contribution in [2.24, 2.45) is 0 Å². The van der Waals surface area contributed by atoms with Gasteiger partial charge >= 0.3 is 0 Å². The summed E-state index contributed by atoms with van der Waals surface area (Å²) in [4.78, 5) is 38.1. The fraction of sp³-hybridized carbons (Fsp3) is 0.318. The van der Waals surface area contributed by atoms with E-state index in [1.54, 1.807) is 36.4 Å². The van der Waals surface area contributed by atoms with Gasteiger partial charge in [0.05, 0.1) is 23.9 Å². The first-order valence-electron chi connectivity index (χ1n) is 9.51. The number of fused-ring (bicyclic) bond motifs is 1. The summed E-state index contributed by atoms with van der Waals surface area (Å²) in [7, 11) is 1.52. The molecule has 3 amide bonds. The van der Waals surface area contributed by atoms with Crippen molar-refractivity contribution in [2.45, 2.75) is 32.6 Å². The number of rotatable bonds is 8. The molecule has 2 aromatic rings. The number of benzene rings is 2. The molecule has 0 unspecified atom stereocenters. The average molecular weight is 415 g/mol. The molecule has 0 fully saturated rings. The number of carbonyl (C=O) groups is 3. The number of carbonyl (C=O) groups excluding carboxylic acids is 3. The first-order valence-corrected chi connectivity index (χ1v) is 9.89. The fourth-order valence-corrected chi connectivity index (χ4v) is 3.47. The van der Waals surface area contributed by atoms with Crippen LogP contribution in [0, 0.1) is 6.92 Å². The molecule has 0 saturated heterocycles. The van der Waals surface area contributed by atoms with Crippen molar-refractivity contribution < 1.29 is 19.1 Å². The van der Waals surface area contributed by atoms with Crippen LogP contribution in [0.15, 0.2) is 36.4 Å². The smallest absolute Gasteiger partial charge is 0.261 e. The number of ether oxygens (including phenoxy) is 1. The maximum Gasteiger partial charge on any atom is 0.261 e. The second-order valence-electron chi connectivity index (χ2n) is 6.97. The van der Waals surface area contributed by atoms with E-state index in [-0.39, 0.29) is 17.7 Å². The van der Waals surface area contributed by atoms with E-state index in [4.69, 9.17) is 16.3 Å². The van der Waals surface area contributed by atoms with Crippen LogP contribution in [0.5, 0.6) is 5.75 Å². The Morgan fingerprint density at radius 3 is 2.34 bits per heavy atom. The Kier molecular flexibility index (Phi) is 6.54. The van der Waals surface area contributed by atoms with E-state index in [0.29, 0.717) is 53.4 Å². The molecule has 1 heterocycles. The molecule has 1 aliphatic rings. The summed E-state index contributed by atoms with van der Waals surface area (Å²) >= 11 is 6.08. The summed E-state index contributed by atoms with van der Waals surface area (Å²) in [6.07, 6.45) is 2.39. The SMILES string of the molecule is COc1cc(Cl)c(C)cc1NC(=O)CCCCCN1C(=O)c2ccccc2C1=O. The number of imide groups is 1. The molecular weight excluding hydrogens is 392 g/mol. The highest BCUT2D eigenvalue weighted by atomic mass is 35.5. The van der Waals surface area contributed by atoms with Crippen LogP contribution in [-0.2, 0) is 4.79 Å². The lowest BCUT2D eigenvalue weighted by Gasteiger charge is -2.14. The molecule has 0 aliphatic carbocycles. The highest BCUT2D eigenvalue weighted by molar-refractivity contribution is 6.31. The third kappa shape index (κ3) is 4.59. The minimum absolute atomic E-state index is 0.120. The highest BCUT2D eigenvalue weighted by Crippen LogP contribution is 2.31. The van der Waals surface area contributed by atoms with Crippen LogP contribution in [0.25, 0.3) is 0 Å². The fourth-order valence-electron chi connectivity index (χ4n) is 3.32. The number of unbranched alkanes of at least 4 members (excludes halogenated alkanes) is 2. The van der Waals surface area contributed by atoms with E-state index >= 15 is 0 Å². The Morgan fingerprint density at radius 2 is 1.72 bits per heavy atom. The van der Waals surface area contributed by atoms with E-state index in [0.717, 1.165) is 12.0 Å². The Balaban J connectivity index is 1.44. The van der Waals surface area contributed by atoms with Gasteiger partial charge in [0, 0.05) is 24.1 Å². The molecule has 1 N–H and O–H groups in total. The van der Waals surface area contributed by atoms with Crippen LogP contribution in [-0.4, -0.2) is 36.3 Å². The molecule has 0 atom stereocenters. The van der Waals surface area contributed by atoms with E-state index in [9.17, 15) is 14.4 Å². The molecule has 0 saturated carbocycles. The Bertz CT molecular complexity index is 923. The largest absolute Gasteiger partial charge is 0.495 e. The Morgan fingerprint density at radius 1 is 1.07 bits per heavy atom. The van der Waals surface area contributed by atoms with E-state index in [1.165, 1.54) is 12.0 Å². The van der Waals surface area contributed by atoms with Crippen LogP contribution in [0.2, 0.25) is 5.02 Å². The summed E-state index contributed by atoms with van der Waals surface area (Å²) in [5.74, 6) is -0.0904. The first kappa shape index (κ1) is 20.9. The second kappa shape index (κ2) is 9.09. The maximum absolute atomic E-state index is 12.3. The van der Waals surface area contributed by atoms with Gasteiger partial charge in [-0.05, 0) is 43.5 Å². The van der Waals surface area contributed by atoms with Gasteiger partial charge in [0.25, 0.3) is 11.8 Å². The van der Waals surface area contributed by atoms with Crippen LogP contribution >= 0.6 is 11.6 Å². The van der Waals surface area contributed by atoms with Crippen molar-refractivity contribution in [1.82, 2.24) is 4.90 Å². The molecule has 29 heavy (non-hydrogen) atoms. The molecular formula is C22H23ClN2O4. The van der Waals surface area contributed by atoms with Gasteiger partial charge in [-0.25, -0.2) is 0 Å².